The molecule has 2 heterocycles. The lowest BCUT2D eigenvalue weighted by molar-refractivity contribution is -0.284. The van der Waals surface area contributed by atoms with Gasteiger partial charge in [-0.05, 0) is 42.5 Å². The summed E-state index contributed by atoms with van der Waals surface area (Å²) in [6.45, 7) is 0.0152. The van der Waals surface area contributed by atoms with Gasteiger partial charge in [-0.3, -0.25) is 14.9 Å². The first-order valence-corrected chi connectivity index (χ1v) is 16.1. The van der Waals surface area contributed by atoms with Gasteiger partial charge in [-0.15, -0.1) is 5.10 Å². The van der Waals surface area contributed by atoms with Crippen molar-refractivity contribution in [1.29, 1.82) is 0 Å². The highest BCUT2D eigenvalue weighted by Crippen LogP contribution is 2.39. The third kappa shape index (κ3) is 8.87. The number of anilines is 1. The van der Waals surface area contributed by atoms with Crippen LogP contribution in [0.15, 0.2) is 66.9 Å². The lowest BCUT2D eigenvalue weighted by Crippen LogP contribution is -2.68. The van der Waals surface area contributed by atoms with E-state index in [1.54, 1.807) is 6.07 Å². The number of aliphatic carboxylic acids is 1. The lowest BCUT2D eigenvalue weighted by Gasteiger charge is -2.46. The Labute approximate surface area is 307 Å². The number of aliphatic hydroxyl groups excluding tert-OH is 4. The highest BCUT2D eigenvalue weighted by Gasteiger charge is 2.57. The van der Waals surface area contributed by atoms with Crippen molar-refractivity contribution in [2.45, 2.75) is 56.0 Å². The second-order valence-corrected chi connectivity index (χ2v) is 12.1. The van der Waals surface area contributed by atoms with Crippen molar-refractivity contribution in [2.75, 3.05) is 11.9 Å². The van der Waals surface area contributed by atoms with Gasteiger partial charge in [-0.2, -0.15) is 0 Å². The Morgan fingerprint density at radius 2 is 1.75 bits per heavy atom. The summed E-state index contributed by atoms with van der Waals surface area (Å²) < 4.78 is 68.9. The van der Waals surface area contributed by atoms with Crippen molar-refractivity contribution in [3.8, 4) is 22.7 Å². The number of nitrogens with zero attached hydrogens (tertiary/aromatic N) is 3. The van der Waals surface area contributed by atoms with E-state index in [1.165, 1.54) is 30.5 Å². The summed E-state index contributed by atoms with van der Waals surface area (Å²) in [7, 11) is 0. The first-order valence-electron chi connectivity index (χ1n) is 16.1. The van der Waals surface area contributed by atoms with E-state index < -0.39 is 108 Å². The van der Waals surface area contributed by atoms with Crippen molar-refractivity contribution in [2.24, 2.45) is 0 Å². The molecule has 1 fully saturated rings. The van der Waals surface area contributed by atoms with Gasteiger partial charge in [0.15, 0.2) is 0 Å². The van der Waals surface area contributed by atoms with Crippen LogP contribution in [-0.4, -0.2) is 107 Å². The number of amides is 4. The molecule has 8 N–H and O–H groups in total. The van der Waals surface area contributed by atoms with Crippen molar-refractivity contribution in [3.63, 3.8) is 0 Å². The van der Waals surface area contributed by atoms with E-state index in [9.17, 15) is 62.3 Å². The number of carboxylic acid groups (broad SMARTS) is 1. The number of ether oxygens (including phenoxy) is 2. The molecule has 3 aromatic carbocycles. The zero-order valence-electron chi connectivity index (χ0n) is 28.3. The van der Waals surface area contributed by atoms with E-state index in [1.807, 2.05) is 5.32 Å². The fourth-order valence-corrected chi connectivity index (χ4v) is 5.67. The molecule has 292 valence electrons. The maximum atomic E-state index is 14.5. The van der Waals surface area contributed by atoms with Gasteiger partial charge in [0.05, 0.1) is 42.6 Å². The smallest absolute Gasteiger partial charge is 0.377 e. The van der Waals surface area contributed by atoms with E-state index in [0.29, 0.717) is 5.56 Å². The summed E-state index contributed by atoms with van der Waals surface area (Å²) in [5.74, 6) is -10.0. The maximum absolute atomic E-state index is 14.5. The average molecular weight is 777 g/mol. The van der Waals surface area contributed by atoms with Gasteiger partial charge in [0.1, 0.15) is 47.0 Å². The Morgan fingerprint density at radius 3 is 2.38 bits per heavy atom. The Balaban J connectivity index is 1.37. The second-order valence-electron chi connectivity index (χ2n) is 12.1. The van der Waals surface area contributed by atoms with E-state index in [4.69, 9.17) is 9.47 Å². The first kappa shape index (κ1) is 40.2. The fourth-order valence-electron chi connectivity index (χ4n) is 5.67. The molecule has 21 heteroatoms. The summed E-state index contributed by atoms with van der Waals surface area (Å²) in [6, 6.07) is 9.02. The number of carboxylic acids is 1. The highest BCUT2D eigenvalue weighted by molar-refractivity contribution is 6.08. The van der Waals surface area contributed by atoms with E-state index in [0.717, 1.165) is 41.9 Å². The van der Waals surface area contributed by atoms with Crippen LogP contribution in [0.4, 0.5) is 28.0 Å². The first-order chi connectivity index (χ1) is 26.0. The van der Waals surface area contributed by atoms with E-state index in [-0.39, 0.29) is 17.1 Å². The van der Waals surface area contributed by atoms with Crippen LogP contribution in [0.2, 0.25) is 0 Å². The maximum Gasteiger partial charge on any atom is 0.377 e. The van der Waals surface area contributed by atoms with Crippen molar-refractivity contribution in [1.82, 2.24) is 25.6 Å². The number of halogens is 4. The van der Waals surface area contributed by atoms with E-state index in [2.05, 4.69) is 20.9 Å². The molecule has 0 radical (unpaired) electrons. The van der Waals surface area contributed by atoms with E-state index >= 15 is 0 Å². The highest BCUT2D eigenvalue weighted by atomic mass is 19.3. The van der Waals surface area contributed by atoms with Crippen LogP contribution < -0.4 is 20.7 Å². The molecule has 4 amide bonds. The molecule has 0 spiro atoms. The molecular weight excluding hydrogens is 744 g/mol. The van der Waals surface area contributed by atoms with Crippen LogP contribution in [-0.2, 0) is 14.3 Å². The number of imide groups is 1. The molecule has 1 saturated heterocycles. The molecule has 17 nitrogen and oxygen atoms in total. The molecule has 1 aliphatic heterocycles. The molecular formula is C34H32F4N6O11. The number of carbonyl (C=O) groups excluding carboxylic acids is 3. The minimum atomic E-state index is -3.29. The summed E-state index contributed by atoms with van der Waals surface area (Å²) in [4.78, 5) is 49.0. The number of nitrogens with one attached hydrogen (secondary N) is 3. The van der Waals surface area contributed by atoms with Crippen LogP contribution in [0.1, 0.15) is 35.7 Å². The van der Waals surface area contributed by atoms with Crippen LogP contribution >= 0.6 is 0 Å². The molecule has 55 heavy (non-hydrogen) atoms. The number of alkyl halides is 2. The summed E-state index contributed by atoms with van der Waals surface area (Å²) in [5.41, 5.74) is -1.24. The molecule has 4 aromatic rings. The van der Waals surface area contributed by atoms with Gasteiger partial charge in [0, 0.05) is 18.2 Å². The van der Waals surface area contributed by atoms with Gasteiger partial charge < -0.3 is 45.6 Å². The van der Waals surface area contributed by atoms with Crippen LogP contribution in [0, 0.1) is 11.6 Å². The third-order valence-electron chi connectivity index (χ3n) is 8.28. The Kier molecular flexibility index (Phi) is 12.1. The number of rotatable bonds is 12. The molecule has 0 unspecified atom stereocenters. The van der Waals surface area contributed by atoms with Crippen molar-refractivity contribution in [3.05, 3.63) is 89.6 Å². The number of benzene rings is 3. The number of aromatic nitrogens is 3. The number of carbonyl (C=O) groups is 4. The Morgan fingerprint density at radius 1 is 1.05 bits per heavy atom. The zero-order chi connectivity index (χ0) is 40.2. The molecule has 0 aliphatic carbocycles. The topological polar surface area (TPSA) is 255 Å². The number of urea groups is 1. The minimum Gasteiger partial charge on any atom is -0.476 e. The molecule has 0 bridgehead atoms. The van der Waals surface area contributed by atoms with Gasteiger partial charge >= 0.3 is 17.8 Å². The van der Waals surface area contributed by atoms with Crippen molar-refractivity contribution < 1.29 is 71.7 Å². The Bertz CT molecular complexity index is 2070. The number of hydrogen-bond donors (Lipinski definition) is 8. The predicted octanol–water partition coefficient (Wildman–Crippen LogP) is 1.64. The summed E-state index contributed by atoms with van der Waals surface area (Å²) in [6.07, 6.45) is -10.7. The largest absolute Gasteiger partial charge is 0.476 e. The molecule has 1 aromatic heterocycles. The molecule has 0 saturated carbocycles. The molecule has 1 aliphatic rings. The standard InChI is InChI=1S/C34H32F4N6O11/c1-15(46)39-27-23(47)12-34(32(51)52,55-29(27)28(49)24(48)14-45)54-25-9-8-18(11-19(25)30(37)38)44-13-22(42-43-44)16-4-2-5-17(10-16)40-33(53)41-31(50)26-20(35)6-3-7-21(26)36/h2-11,13,23-24,27-30,45,47-49H,12,14H2,1H3,(H,39,46)(H,51,52)(H2,40,41,50,53)/t23-,24+,27+,28+,29+,34+/m0/s1. The summed E-state index contributed by atoms with van der Waals surface area (Å²) >= 11 is 0. The second kappa shape index (κ2) is 16.6. The van der Waals surface area contributed by atoms with Gasteiger partial charge in [0.25, 0.3) is 12.3 Å². The zero-order valence-corrected chi connectivity index (χ0v) is 28.3. The average Bonchev–Trinajstić information content (AvgIpc) is 3.62. The monoisotopic (exact) mass is 776 g/mol. The summed E-state index contributed by atoms with van der Waals surface area (Å²) in [5, 5.41) is 65.4. The Hall–Kier alpha value is -6.00. The quantitative estimate of drug-likeness (QED) is 0.0954. The lowest BCUT2D eigenvalue weighted by atomic mass is 9.88. The fraction of sp³-hybridized carbons (Fsp3) is 0.294. The van der Waals surface area contributed by atoms with Gasteiger partial charge in [-0.1, -0.05) is 23.4 Å². The number of aliphatic hydroxyl groups is 4. The van der Waals surface area contributed by atoms with Crippen molar-refractivity contribution >= 4 is 29.5 Å². The van der Waals surface area contributed by atoms with Crippen LogP contribution in [0.5, 0.6) is 5.75 Å². The minimum absolute atomic E-state index is 0.0204. The van der Waals surface area contributed by atoms with Crippen LogP contribution in [0.25, 0.3) is 16.9 Å². The van der Waals surface area contributed by atoms with Crippen LogP contribution in [0.3, 0.4) is 0 Å². The predicted molar refractivity (Wildman–Crippen MR) is 178 cm³/mol. The normalized spacial score (nSPS) is 20.7. The number of hydrogen-bond acceptors (Lipinski definition) is 12. The third-order valence-corrected chi connectivity index (χ3v) is 8.28. The molecule has 5 rings (SSSR count). The molecule has 6 atom stereocenters. The SMILES string of the molecule is CC(=O)N[C@H]1[C@H]([C@H](O)[C@H](O)CO)O[C@@](Oc2ccc(-n3cc(-c4cccc(NC(=O)NC(=O)c5c(F)cccc5F)c4)nn3)cc2C(F)F)(C(=O)O)C[C@@H]1O. The van der Waals surface area contributed by atoms with Gasteiger partial charge in [0.2, 0.25) is 5.91 Å². The van der Waals surface area contributed by atoms with Gasteiger partial charge in [-0.25, -0.2) is 31.8 Å².